The van der Waals surface area contributed by atoms with Crippen LogP contribution < -0.4 is 20.1 Å². The van der Waals surface area contributed by atoms with Crippen molar-refractivity contribution >= 4 is 11.4 Å². The van der Waals surface area contributed by atoms with Crippen LogP contribution in [0.5, 0.6) is 11.5 Å². The SMILES string of the molecule is CCCNc1cncc(NCc2ccc3c(c2)OCO3)c1. The van der Waals surface area contributed by atoms with Crippen LogP contribution in [0.3, 0.4) is 0 Å². The number of pyridine rings is 1. The Hall–Kier alpha value is -2.43. The molecule has 2 heterocycles. The zero-order valence-corrected chi connectivity index (χ0v) is 12.1. The molecule has 1 aliphatic rings. The molecule has 5 nitrogen and oxygen atoms in total. The number of nitrogens with zero attached hydrogens (tertiary/aromatic N) is 1. The van der Waals surface area contributed by atoms with E-state index < -0.39 is 0 Å². The van der Waals surface area contributed by atoms with Gasteiger partial charge in [-0.05, 0) is 30.2 Å². The number of rotatable bonds is 6. The fourth-order valence-electron chi connectivity index (χ4n) is 2.16. The lowest BCUT2D eigenvalue weighted by Gasteiger charge is -2.09. The van der Waals surface area contributed by atoms with Gasteiger partial charge in [-0.3, -0.25) is 4.98 Å². The van der Waals surface area contributed by atoms with Crippen molar-refractivity contribution in [3.8, 4) is 11.5 Å². The number of nitrogens with one attached hydrogen (secondary N) is 2. The van der Waals surface area contributed by atoms with E-state index in [2.05, 4.69) is 28.6 Å². The van der Waals surface area contributed by atoms with Crippen LogP contribution in [-0.4, -0.2) is 18.3 Å². The van der Waals surface area contributed by atoms with E-state index in [1.54, 1.807) is 0 Å². The molecule has 0 unspecified atom stereocenters. The molecule has 0 saturated carbocycles. The van der Waals surface area contributed by atoms with Crippen molar-refractivity contribution in [3.05, 3.63) is 42.2 Å². The molecule has 21 heavy (non-hydrogen) atoms. The minimum Gasteiger partial charge on any atom is -0.454 e. The first-order valence-electron chi connectivity index (χ1n) is 7.16. The van der Waals surface area contributed by atoms with Crippen molar-refractivity contribution in [1.29, 1.82) is 0 Å². The molecule has 2 aromatic rings. The van der Waals surface area contributed by atoms with Gasteiger partial charge < -0.3 is 20.1 Å². The maximum atomic E-state index is 5.38. The van der Waals surface area contributed by atoms with Crippen LogP contribution in [0.2, 0.25) is 0 Å². The van der Waals surface area contributed by atoms with Crippen LogP contribution in [0.4, 0.5) is 11.4 Å². The summed E-state index contributed by atoms with van der Waals surface area (Å²) < 4.78 is 10.7. The first kappa shape index (κ1) is 13.5. The molecule has 1 aromatic carbocycles. The van der Waals surface area contributed by atoms with Gasteiger partial charge in [0.1, 0.15) is 0 Å². The third-order valence-electron chi connectivity index (χ3n) is 3.25. The van der Waals surface area contributed by atoms with Crippen molar-refractivity contribution in [1.82, 2.24) is 4.98 Å². The second kappa shape index (κ2) is 6.35. The van der Waals surface area contributed by atoms with Crippen molar-refractivity contribution < 1.29 is 9.47 Å². The van der Waals surface area contributed by atoms with Crippen LogP contribution >= 0.6 is 0 Å². The lowest BCUT2D eigenvalue weighted by molar-refractivity contribution is 0.174. The first-order chi connectivity index (χ1) is 10.3. The molecule has 0 spiro atoms. The number of anilines is 2. The highest BCUT2D eigenvalue weighted by Crippen LogP contribution is 2.32. The summed E-state index contributed by atoms with van der Waals surface area (Å²) in [6, 6.07) is 8.04. The largest absolute Gasteiger partial charge is 0.454 e. The maximum absolute atomic E-state index is 5.38. The molecule has 0 atom stereocenters. The number of aromatic nitrogens is 1. The highest BCUT2D eigenvalue weighted by molar-refractivity contribution is 5.54. The molecule has 0 bridgehead atoms. The fraction of sp³-hybridized carbons (Fsp3) is 0.312. The molecule has 0 amide bonds. The quantitative estimate of drug-likeness (QED) is 0.853. The highest BCUT2D eigenvalue weighted by atomic mass is 16.7. The summed E-state index contributed by atoms with van der Waals surface area (Å²) in [6.45, 7) is 4.12. The zero-order chi connectivity index (χ0) is 14.5. The molecule has 110 valence electrons. The van der Waals surface area contributed by atoms with Crippen molar-refractivity contribution in [2.75, 3.05) is 24.0 Å². The Morgan fingerprint density at radius 3 is 2.71 bits per heavy atom. The normalized spacial score (nSPS) is 12.2. The van der Waals surface area contributed by atoms with E-state index in [1.165, 1.54) is 0 Å². The summed E-state index contributed by atoms with van der Waals surface area (Å²) >= 11 is 0. The second-order valence-electron chi connectivity index (χ2n) is 4.93. The summed E-state index contributed by atoms with van der Waals surface area (Å²) in [5.74, 6) is 1.62. The van der Waals surface area contributed by atoms with Crippen molar-refractivity contribution in [2.45, 2.75) is 19.9 Å². The molecule has 0 radical (unpaired) electrons. The number of hydrogen-bond donors (Lipinski definition) is 2. The number of ether oxygens (including phenoxy) is 2. The fourth-order valence-corrected chi connectivity index (χ4v) is 2.16. The van der Waals surface area contributed by atoms with E-state index in [1.807, 2.05) is 30.6 Å². The van der Waals surface area contributed by atoms with Gasteiger partial charge in [-0.15, -0.1) is 0 Å². The Bertz CT molecular complexity index is 616. The highest BCUT2D eigenvalue weighted by Gasteiger charge is 2.12. The van der Waals surface area contributed by atoms with Crippen molar-refractivity contribution in [3.63, 3.8) is 0 Å². The van der Waals surface area contributed by atoms with E-state index in [-0.39, 0.29) is 0 Å². The lowest BCUT2D eigenvalue weighted by atomic mass is 10.2. The molecule has 3 rings (SSSR count). The molecule has 0 fully saturated rings. The van der Waals surface area contributed by atoms with Gasteiger partial charge in [-0.25, -0.2) is 0 Å². The molecule has 1 aromatic heterocycles. The van der Waals surface area contributed by atoms with E-state index in [0.717, 1.165) is 47.9 Å². The minimum atomic E-state index is 0.307. The van der Waals surface area contributed by atoms with Gasteiger partial charge >= 0.3 is 0 Å². The Labute approximate surface area is 124 Å². The maximum Gasteiger partial charge on any atom is 0.231 e. The number of fused-ring (bicyclic) bond motifs is 1. The molecular weight excluding hydrogens is 266 g/mol. The van der Waals surface area contributed by atoms with Gasteiger partial charge in [0, 0.05) is 13.1 Å². The molecule has 2 N–H and O–H groups in total. The van der Waals surface area contributed by atoms with Crippen LogP contribution in [0.25, 0.3) is 0 Å². The van der Waals surface area contributed by atoms with Crippen LogP contribution in [0, 0.1) is 0 Å². The Kier molecular flexibility index (Phi) is 4.09. The minimum absolute atomic E-state index is 0.307. The molecule has 5 heteroatoms. The third kappa shape index (κ3) is 3.37. The van der Waals surface area contributed by atoms with Gasteiger partial charge in [0.25, 0.3) is 0 Å². The first-order valence-corrected chi connectivity index (χ1v) is 7.16. The predicted octanol–water partition coefficient (Wildman–Crippen LogP) is 3.24. The summed E-state index contributed by atoms with van der Waals surface area (Å²) in [7, 11) is 0. The predicted molar refractivity (Wildman–Crippen MR) is 82.9 cm³/mol. The van der Waals surface area contributed by atoms with Gasteiger partial charge in [0.15, 0.2) is 11.5 Å². The standard InChI is InChI=1S/C16H19N3O2/c1-2-5-18-13-7-14(10-17-9-13)19-8-12-3-4-15-16(6-12)21-11-20-15/h3-4,6-7,9-10,18-19H,2,5,8,11H2,1H3. The topological polar surface area (TPSA) is 55.4 Å². The lowest BCUT2D eigenvalue weighted by Crippen LogP contribution is -2.03. The summed E-state index contributed by atoms with van der Waals surface area (Å²) in [6.07, 6.45) is 4.75. The van der Waals surface area contributed by atoms with E-state index in [0.29, 0.717) is 6.79 Å². The average molecular weight is 285 g/mol. The molecular formula is C16H19N3O2. The Balaban J connectivity index is 1.62. The van der Waals surface area contributed by atoms with Gasteiger partial charge in [0.05, 0.1) is 23.8 Å². The summed E-state index contributed by atoms with van der Waals surface area (Å²) in [4.78, 5) is 4.24. The summed E-state index contributed by atoms with van der Waals surface area (Å²) in [5.41, 5.74) is 3.17. The van der Waals surface area contributed by atoms with Gasteiger partial charge in [-0.2, -0.15) is 0 Å². The number of benzene rings is 1. The molecule has 0 saturated heterocycles. The van der Waals surface area contributed by atoms with E-state index in [4.69, 9.17) is 9.47 Å². The van der Waals surface area contributed by atoms with Crippen LogP contribution in [0.1, 0.15) is 18.9 Å². The summed E-state index contributed by atoms with van der Waals surface area (Å²) in [5, 5.41) is 6.70. The zero-order valence-electron chi connectivity index (χ0n) is 12.1. The Morgan fingerprint density at radius 2 is 1.86 bits per heavy atom. The Morgan fingerprint density at radius 1 is 1.05 bits per heavy atom. The molecule has 1 aliphatic heterocycles. The molecule has 0 aliphatic carbocycles. The van der Waals surface area contributed by atoms with E-state index >= 15 is 0 Å². The second-order valence-corrected chi connectivity index (χ2v) is 4.93. The van der Waals surface area contributed by atoms with Gasteiger partial charge in [0.2, 0.25) is 6.79 Å². The monoisotopic (exact) mass is 285 g/mol. The van der Waals surface area contributed by atoms with Crippen molar-refractivity contribution in [2.24, 2.45) is 0 Å². The third-order valence-corrected chi connectivity index (χ3v) is 3.25. The van der Waals surface area contributed by atoms with Gasteiger partial charge in [-0.1, -0.05) is 13.0 Å². The van der Waals surface area contributed by atoms with Crippen LogP contribution in [-0.2, 0) is 6.54 Å². The number of hydrogen-bond acceptors (Lipinski definition) is 5. The van der Waals surface area contributed by atoms with E-state index in [9.17, 15) is 0 Å². The smallest absolute Gasteiger partial charge is 0.231 e. The average Bonchev–Trinajstić information content (AvgIpc) is 2.99. The van der Waals surface area contributed by atoms with Crippen LogP contribution in [0.15, 0.2) is 36.7 Å².